The van der Waals surface area contributed by atoms with Crippen molar-refractivity contribution in [3.8, 4) is 0 Å². The lowest BCUT2D eigenvalue weighted by atomic mass is 9.95. The van der Waals surface area contributed by atoms with Gasteiger partial charge in [-0.2, -0.15) is 4.31 Å². The van der Waals surface area contributed by atoms with Gasteiger partial charge in [0, 0.05) is 11.4 Å². The summed E-state index contributed by atoms with van der Waals surface area (Å²) < 4.78 is 29.6. The zero-order chi connectivity index (χ0) is 22.1. The SMILES string of the molecule is O=c1[nH]c(CN(C2CCCCC2)S(=O)(=O)c2cccc3ccccc23)nc2ccccc12. The molecule has 0 unspecified atom stereocenters. The molecule has 3 aromatic carbocycles. The van der Waals surface area contributed by atoms with Crippen LogP contribution >= 0.6 is 0 Å². The van der Waals surface area contributed by atoms with Gasteiger partial charge in [0.05, 0.1) is 22.3 Å². The molecule has 5 rings (SSSR count). The molecule has 4 aromatic rings. The first kappa shape index (κ1) is 20.8. The molecule has 0 atom stereocenters. The molecular formula is C25H25N3O3S. The molecule has 1 heterocycles. The quantitative estimate of drug-likeness (QED) is 0.485. The van der Waals surface area contributed by atoms with Crippen LogP contribution in [0.2, 0.25) is 0 Å². The van der Waals surface area contributed by atoms with Crippen LogP contribution in [0.15, 0.2) is 76.4 Å². The summed E-state index contributed by atoms with van der Waals surface area (Å²) in [5.41, 5.74) is 0.314. The number of rotatable bonds is 5. The zero-order valence-corrected chi connectivity index (χ0v) is 18.5. The Balaban J connectivity index is 1.62. The van der Waals surface area contributed by atoms with E-state index in [0.29, 0.717) is 27.0 Å². The predicted molar refractivity (Wildman–Crippen MR) is 126 cm³/mol. The lowest BCUT2D eigenvalue weighted by Gasteiger charge is -2.33. The first-order valence-corrected chi connectivity index (χ1v) is 12.5. The Morgan fingerprint density at radius 2 is 1.56 bits per heavy atom. The number of H-pyrrole nitrogens is 1. The summed E-state index contributed by atoms with van der Waals surface area (Å²) in [5.74, 6) is 0.364. The highest BCUT2D eigenvalue weighted by molar-refractivity contribution is 7.89. The van der Waals surface area contributed by atoms with Gasteiger partial charge in [0.15, 0.2) is 0 Å². The average molecular weight is 448 g/mol. The second-order valence-electron chi connectivity index (χ2n) is 8.35. The molecule has 0 radical (unpaired) electrons. The molecule has 1 aliphatic carbocycles. The van der Waals surface area contributed by atoms with Crippen LogP contribution in [0.25, 0.3) is 21.7 Å². The monoisotopic (exact) mass is 447 g/mol. The number of para-hydroxylation sites is 1. The molecule has 32 heavy (non-hydrogen) atoms. The highest BCUT2D eigenvalue weighted by Gasteiger charge is 2.34. The third kappa shape index (κ3) is 3.82. The Morgan fingerprint density at radius 3 is 2.38 bits per heavy atom. The number of aromatic nitrogens is 2. The highest BCUT2D eigenvalue weighted by atomic mass is 32.2. The van der Waals surface area contributed by atoms with E-state index in [0.717, 1.165) is 37.5 Å². The maximum Gasteiger partial charge on any atom is 0.258 e. The number of nitrogens with one attached hydrogen (secondary N) is 1. The number of benzene rings is 3. The Bertz CT molecular complexity index is 1430. The minimum atomic E-state index is -3.82. The Hall–Kier alpha value is -3.03. The van der Waals surface area contributed by atoms with Gasteiger partial charge in [-0.15, -0.1) is 0 Å². The second-order valence-corrected chi connectivity index (χ2v) is 10.2. The van der Waals surface area contributed by atoms with Crippen molar-refractivity contribution in [3.05, 3.63) is 82.9 Å². The summed E-state index contributed by atoms with van der Waals surface area (Å²) >= 11 is 0. The molecule has 1 aromatic heterocycles. The van der Waals surface area contributed by atoms with Gasteiger partial charge >= 0.3 is 0 Å². The Morgan fingerprint density at radius 1 is 0.875 bits per heavy atom. The summed E-state index contributed by atoms with van der Waals surface area (Å²) in [6.45, 7) is 0.0380. The average Bonchev–Trinajstić information content (AvgIpc) is 2.82. The van der Waals surface area contributed by atoms with E-state index in [1.807, 2.05) is 36.4 Å². The lowest BCUT2D eigenvalue weighted by Crippen LogP contribution is -2.41. The number of nitrogens with zero attached hydrogens (tertiary/aromatic N) is 2. The number of aromatic amines is 1. The zero-order valence-electron chi connectivity index (χ0n) is 17.7. The van der Waals surface area contributed by atoms with Gasteiger partial charge in [-0.25, -0.2) is 13.4 Å². The van der Waals surface area contributed by atoms with Crippen LogP contribution in [0.1, 0.15) is 37.9 Å². The van der Waals surface area contributed by atoms with Gasteiger partial charge < -0.3 is 4.98 Å². The molecule has 1 fully saturated rings. The number of hydrogen-bond donors (Lipinski definition) is 1. The molecule has 0 spiro atoms. The van der Waals surface area contributed by atoms with E-state index in [4.69, 9.17) is 0 Å². The van der Waals surface area contributed by atoms with E-state index in [1.54, 1.807) is 34.6 Å². The molecule has 0 aliphatic heterocycles. The normalized spacial score (nSPS) is 15.5. The summed E-state index contributed by atoms with van der Waals surface area (Å²) in [5, 5.41) is 2.09. The van der Waals surface area contributed by atoms with E-state index in [2.05, 4.69) is 9.97 Å². The molecule has 1 saturated carbocycles. The molecule has 0 bridgehead atoms. The van der Waals surface area contributed by atoms with E-state index in [9.17, 15) is 13.2 Å². The fourth-order valence-electron chi connectivity index (χ4n) is 4.68. The van der Waals surface area contributed by atoms with Gasteiger partial charge in [-0.1, -0.05) is 67.8 Å². The first-order chi connectivity index (χ1) is 15.5. The molecule has 1 N–H and O–H groups in total. The van der Waals surface area contributed by atoms with Crippen molar-refractivity contribution in [2.24, 2.45) is 0 Å². The van der Waals surface area contributed by atoms with Crippen molar-refractivity contribution >= 4 is 31.7 Å². The molecular weight excluding hydrogens is 422 g/mol. The van der Waals surface area contributed by atoms with Crippen LogP contribution in [0, 0.1) is 0 Å². The maximum atomic E-state index is 14.0. The van der Waals surface area contributed by atoms with Crippen LogP contribution < -0.4 is 5.56 Å². The first-order valence-electron chi connectivity index (χ1n) is 11.0. The minimum Gasteiger partial charge on any atom is -0.309 e. The van der Waals surface area contributed by atoms with Crippen LogP contribution in [0.3, 0.4) is 0 Å². The largest absolute Gasteiger partial charge is 0.309 e. The number of fused-ring (bicyclic) bond motifs is 2. The second kappa shape index (κ2) is 8.48. The lowest BCUT2D eigenvalue weighted by molar-refractivity contribution is 0.244. The molecule has 1 aliphatic rings. The fraction of sp³-hybridized carbons (Fsp3) is 0.280. The summed E-state index contributed by atoms with van der Waals surface area (Å²) in [6.07, 6.45) is 4.72. The molecule has 164 valence electrons. The van der Waals surface area contributed by atoms with Crippen molar-refractivity contribution in [1.29, 1.82) is 0 Å². The van der Waals surface area contributed by atoms with Crippen molar-refractivity contribution in [2.45, 2.75) is 49.6 Å². The van der Waals surface area contributed by atoms with Crippen molar-refractivity contribution < 1.29 is 8.42 Å². The minimum absolute atomic E-state index is 0.0380. The van der Waals surface area contributed by atoms with Crippen LogP contribution in [-0.4, -0.2) is 28.7 Å². The Labute approximate surface area is 187 Å². The third-order valence-corrected chi connectivity index (χ3v) is 8.24. The Kier molecular flexibility index (Phi) is 5.53. The van der Waals surface area contributed by atoms with E-state index in [-0.39, 0.29) is 18.1 Å². The van der Waals surface area contributed by atoms with E-state index in [1.165, 1.54) is 0 Å². The van der Waals surface area contributed by atoms with Gasteiger partial charge in [0.25, 0.3) is 5.56 Å². The molecule has 6 nitrogen and oxygen atoms in total. The predicted octanol–water partition coefficient (Wildman–Crippen LogP) is 4.60. The summed E-state index contributed by atoms with van der Waals surface area (Å²) in [6, 6.07) is 19.9. The van der Waals surface area contributed by atoms with Crippen molar-refractivity contribution in [2.75, 3.05) is 0 Å². The standard InChI is InChI=1S/C25H25N3O3S/c29-25-21-14-6-7-15-22(21)26-24(27-25)17-28(19-11-2-1-3-12-19)32(30,31)23-16-8-10-18-9-4-5-13-20(18)23/h4-10,13-16,19H,1-3,11-12,17H2,(H,26,27,29). The summed E-state index contributed by atoms with van der Waals surface area (Å²) in [7, 11) is -3.82. The number of sulfonamides is 1. The maximum absolute atomic E-state index is 14.0. The third-order valence-electron chi connectivity index (χ3n) is 6.29. The molecule has 7 heteroatoms. The molecule has 0 saturated heterocycles. The van der Waals surface area contributed by atoms with Gasteiger partial charge in [0.1, 0.15) is 5.82 Å². The summed E-state index contributed by atoms with van der Waals surface area (Å²) in [4.78, 5) is 20.3. The topological polar surface area (TPSA) is 83.1 Å². The number of hydrogen-bond acceptors (Lipinski definition) is 4. The van der Waals surface area contributed by atoms with Crippen LogP contribution in [0.4, 0.5) is 0 Å². The van der Waals surface area contributed by atoms with Gasteiger partial charge in [-0.05, 0) is 36.4 Å². The van der Waals surface area contributed by atoms with E-state index < -0.39 is 10.0 Å². The fourth-order valence-corrected chi connectivity index (χ4v) is 6.55. The van der Waals surface area contributed by atoms with Crippen LogP contribution in [0.5, 0.6) is 0 Å². The van der Waals surface area contributed by atoms with Crippen molar-refractivity contribution in [1.82, 2.24) is 14.3 Å². The van der Waals surface area contributed by atoms with Gasteiger partial charge in [-0.3, -0.25) is 4.79 Å². The van der Waals surface area contributed by atoms with Gasteiger partial charge in [0.2, 0.25) is 10.0 Å². The van der Waals surface area contributed by atoms with E-state index >= 15 is 0 Å². The van der Waals surface area contributed by atoms with Crippen LogP contribution in [-0.2, 0) is 16.6 Å². The smallest absolute Gasteiger partial charge is 0.258 e. The molecule has 0 amide bonds. The highest BCUT2D eigenvalue weighted by Crippen LogP contribution is 2.32. The van der Waals surface area contributed by atoms with Crippen molar-refractivity contribution in [3.63, 3.8) is 0 Å².